The Morgan fingerprint density at radius 3 is 2.38 bits per heavy atom. The fourth-order valence-corrected chi connectivity index (χ4v) is 2.64. The van der Waals surface area contributed by atoms with Crippen LogP contribution in [0.1, 0.15) is 46.5 Å². The van der Waals surface area contributed by atoms with Crippen LogP contribution in [0, 0.1) is 11.8 Å². The lowest BCUT2D eigenvalue weighted by molar-refractivity contribution is 0.267. The highest BCUT2D eigenvalue weighted by Crippen LogP contribution is 2.23. The summed E-state index contributed by atoms with van der Waals surface area (Å²) in [6.07, 6.45) is 5.60. The Bertz CT molecular complexity index is 172. The van der Waals surface area contributed by atoms with Crippen molar-refractivity contribution in [2.45, 2.75) is 52.5 Å². The summed E-state index contributed by atoms with van der Waals surface area (Å²) in [5.41, 5.74) is 0. The van der Waals surface area contributed by atoms with Crippen LogP contribution in [0.3, 0.4) is 0 Å². The molecule has 1 aliphatic carbocycles. The molecule has 0 radical (unpaired) electrons. The van der Waals surface area contributed by atoms with Gasteiger partial charge in [0.1, 0.15) is 0 Å². The van der Waals surface area contributed by atoms with Gasteiger partial charge in [0.25, 0.3) is 0 Å². The Morgan fingerprint density at radius 1 is 1.19 bits per heavy atom. The van der Waals surface area contributed by atoms with Gasteiger partial charge in [-0.3, -0.25) is 0 Å². The molecule has 0 saturated heterocycles. The van der Waals surface area contributed by atoms with Crippen LogP contribution in [0.15, 0.2) is 0 Å². The molecule has 0 unspecified atom stereocenters. The van der Waals surface area contributed by atoms with Crippen molar-refractivity contribution in [2.24, 2.45) is 11.8 Å². The van der Waals surface area contributed by atoms with Gasteiger partial charge in [0.15, 0.2) is 0 Å². The van der Waals surface area contributed by atoms with Crippen LogP contribution >= 0.6 is 0 Å². The van der Waals surface area contributed by atoms with E-state index in [2.05, 4.69) is 38.0 Å². The predicted octanol–water partition coefficient (Wildman–Crippen LogP) is 2.74. The average molecular weight is 226 g/mol. The molecule has 0 aliphatic heterocycles. The van der Waals surface area contributed by atoms with Crippen molar-refractivity contribution in [1.29, 1.82) is 0 Å². The molecule has 16 heavy (non-hydrogen) atoms. The van der Waals surface area contributed by atoms with Crippen LogP contribution in [0.2, 0.25) is 0 Å². The number of hydrogen-bond donors (Lipinski definition) is 1. The van der Waals surface area contributed by atoms with Gasteiger partial charge in [-0.25, -0.2) is 0 Å². The van der Waals surface area contributed by atoms with Crippen molar-refractivity contribution in [3.63, 3.8) is 0 Å². The number of hydrogen-bond acceptors (Lipinski definition) is 2. The monoisotopic (exact) mass is 226 g/mol. The minimum absolute atomic E-state index is 0.778. The normalized spacial score (nSPS) is 26.6. The zero-order chi connectivity index (χ0) is 12.0. The third-order valence-electron chi connectivity index (χ3n) is 3.62. The Morgan fingerprint density at radius 2 is 1.81 bits per heavy atom. The van der Waals surface area contributed by atoms with Gasteiger partial charge in [-0.1, -0.05) is 20.8 Å². The summed E-state index contributed by atoms with van der Waals surface area (Å²) in [7, 11) is 2.23. The summed E-state index contributed by atoms with van der Waals surface area (Å²) in [4.78, 5) is 2.43. The van der Waals surface area contributed by atoms with Gasteiger partial charge < -0.3 is 10.2 Å². The first-order valence-corrected chi connectivity index (χ1v) is 7.00. The van der Waals surface area contributed by atoms with Gasteiger partial charge >= 0.3 is 0 Å². The van der Waals surface area contributed by atoms with E-state index in [4.69, 9.17) is 0 Å². The Balaban J connectivity index is 2.02. The van der Waals surface area contributed by atoms with E-state index in [0.717, 1.165) is 24.4 Å². The molecule has 1 aliphatic rings. The Kier molecular flexibility index (Phi) is 6.37. The van der Waals surface area contributed by atoms with E-state index < -0.39 is 0 Å². The predicted molar refractivity (Wildman–Crippen MR) is 71.8 cm³/mol. The zero-order valence-electron chi connectivity index (χ0n) is 11.6. The summed E-state index contributed by atoms with van der Waals surface area (Å²) in [6.45, 7) is 10.5. The van der Waals surface area contributed by atoms with Crippen LogP contribution in [0.4, 0.5) is 0 Å². The lowest BCUT2D eigenvalue weighted by Gasteiger charge is -2.28. The zero-order valence-corrected chi connectivity index (χ0v) is 11.6. The molecule has 1 rings (SSSR count). The molecule has 0 heterocycles. The smallest absolute Gasteiger partial charge is 0.0104 e. The van der Waals surface area contributed by atoms with Crippen molar-refractivity contribution in [2.75, 3.05) is 26.7 Å². The minimum Gasteiger partial charge on any atom is -0.313 e. The lowest BCUT2D eigenvalue weighted by Crippen LogP contribution is -2.38. The molecule has 0 aromatic rings. The first-order chi connectivity index (χ1) is 7.58. The molecule has 0 amide bonds. The van der Waals surface area contributed by atoms with E-state index in [0.29, 0.717) is 0 Å². The van der Waals surface area contributed by atoms with E-state index in [1.54, 1.807) is 0 Å². The molecule has 1 saturated carbocycles. The SMILES string of the molecule is CC(C)CN(C)CCNC1CCC(C)CC1. The van der Waals surface area contributed by atoms with Crippen LogP contribution in [0.5, 0.6) is 0 Å². The molecule has 2 heteroatoms. The quantitative estimate of drug-likeness (QED) is 0.749. The minimum atomic E-state index is 0.778. The molecule has 1 fully saturated rings. The summed E-state index contributed by atoms with van der Waals surface area (Å²) >= 11 is 0. The van der Waals surface area contributed by atoms with Crippen molar-refractivity contribution < 1.29 is 0 Å². The summed E-state index contributed by atoms with van der Waals surface area (Å²) < 4.78 is 0. The lowest BCUT2D eigenvalue weighted by atomic mass is 9.87. The highest BCUT2D eigenvalue weighted by atomic mass is 15.1. The van der Waals surface area contributed by atoms with Gasteiger partial charge in [-0.05, 0) is 44.6 Å². The molecule has 0 aromatic carbocycles. The maximum Gasteiger partial charge on any atom is 0.0104 e. The fraction of sp³-hybridized carbons (Fsp3) is 1.00. The van der Waals surface area contributed by atoms with E-state index in [1.165, 1.54) is 38.8 Å². The number of likely N-dealkylation sites (N-methyl/N-ethyl adjacent to an activating group) is 1. The van der Waals surface area contributed by atoms with Crippen LogP contribution in [0.25, 0.3) is 0 Å². The summed E-state index contributed by atoms with van der Waals surface area (Å²) in [5, 5.41) is 3.70. The molecular formula is C14H30N2. The molecule has 0 bridgehead atoms. The van der Waals surface area contributed by atoms with E-state index in [9.17, 15) is 0 Å². The molecule has 2 nitrogen and oxygen atoms in total. The second-order valence-corrected chi connectivity index (χ2v) is 6.07. The molecule has 0 atom stereocenters. The van der Waals surface area contributed by atoms with Crippen LogP contribution in [-0.4, -0.2) is 37.6 Å². The Labute approximate surface area is 102 Å². The highest BCUT2D eigenvalue weighted by Gasteiger charge is 2.17. The molecule has 0 spiro atoms. The number of nitrogens with zero attached hydrogens (tertiary/aromatic N) is 1. The standard InChI is InChI=1S/C14H30N2/c1-12(2)11-16(4)10-9-15-14-7-5-13(3)6-8-14/h12-15H,5-11H2,1-4H3. The first kappa shape index (κ1) is 14.0. The summed E-state index contributed by atoms with van der Waals surface area (Å²) in [6, 6.07) is 0.795. The van der Waals surface area contributed by atoms with Gasteiger partial charge in [0, 0.05) is 25.7 Å². The van der Waals surface area contributed by atoms with E-state index >= 15 is 0 Å². The van der Waals surface area contributed by atoms with E-state index in [1.807, 2.05) is 0 Å². The van der Waals surface area contributed by atoms with Gasteiger partial charge in [-0.2, -0.15) is 0 Å². The van der Waals surface area contributed by atoms with E-state index in [-0.39, 0.29) is 0 Å². The fourth-order valence-electron chi connectivity index (χ4n) is 2.64. The maximum atomic E-state index is 3.70. The number of nitrogens with one attached hydrogen (secondary N) is 1. The Hall–Kier alpha value is -0.0800. The van der Waals surface area contributed by atoms with Crippen molar-refractivity contribution in [3.05, 3.63) is 0 Å². The van der Waals surface area contributed by atoms with Gasteiger partial charge in [0.2, 0.25) is 0 Å². The summed E-state index contributed by atoms with van der Waals surface area (Å²) in [5.74, 6) is 1.74. The van der Waals surface area contributed by atoms with Crippen LogP contribution in [-0.2, 0) is 0 Å². The van der Waals surface area contributed by atoms with Crippen molar-refractivity contribution in [1.82, 2.24) is 10.2 Å². The van der Waals surface area contributed by atoms with Crippen molar-refractivity contribution in [3.8, 4) is 0 Å². The van der Waals surface area contributed by atoms with Gasteiger partial charge in [-0.15, -0.1) is 0 Å². The molecule has 1 N–H and O–H groups in total. The third-order valence-corrected chi connectivity index (χ3v) is 3.62. The largest absolute Gasteiger partial charge is 0.313 e. The van der Waals surface area contributed by atoms with Gasteiger partial charge in [0.05, 0.1) is 0 Å². The first-order valence-electron chi connectivity index (χ1n) is 7.00. The molecule has 96 valence electrons. The second-order valence-electron chi connectivity index (χ2n) is 6.07. The average Bonchev–Trinajstić information content (AvgIpc) is 2.20. The van der Waals surface area contributed by atoms with Crippen molar-refractivity contribution >= 4 is 0 Å². The molecule has 0 aromatic heterocycles. The molecular weight excluding hydrogens is 196 g/mol. The van der Waals surface area contributed by atoms with Crippen LogP contribution < -0.4 is 5.32 Å². The number of rotatable bonds is 6. The third kappa shape index (κ3) is 5.86. The topological polar surface area (TPSA) is 15.3 Å². The second kappa shape index (κ2) is 7.29. The maximum absolute atomic E-state index is 3.70. The highest BCUT2D eigenvalue weighted by molar-refractivity contribution is 4.75.